The van der Waals surface area contributed by atoms with E-state index in [-0.39, 0.29) is 11.8 Å². The SMILES string of the molecule is O=C(NCc1ccc(Cn2ccnc2)cc1)C1CCCN(Cc2ccccc2)C1. The molecule has 2 heterocycles. The summed E-state index contributed by atoms with van der Waals surface area (Å²) in [4.78, 5) is 19.2. The number of nitrogens with zero attached hydrogens (tertiary/aromatic N) is 3. The van der Waals surface area contributed by atoms with E-state index in [1.807, 2.05) is 23.2 Å². The molecule has 1 unspecified atom stereocenters. The molecule has 1 saturated heterocycles. The highest BCUT2D eigenvalue weighted by atomic mass is 16.1. The summed E-state index contributed by atoms with van der Waals surface area (Å²) in [5.41, 5.74) is 3.66. The van der Waals surface area contributed by atoms with Crippen molar-refractivity contribution in [3.05, 3.63) is 90.0 Å². The molecule has 3 aromatic rings. The van der Waals surface area contributed by atoms with E-state index in [1.54, 1.807) is 6.20 Å². The van der Waals surface area contributed by atoms with Gasteiger partial charge in [0.2, 0.25) is 5.91 Å². The van der Waals surface area contributed by atoms with Crippen LogP contribution < -0.4 is 5.32 Å². The predicted octanol–water partition coefficient (Wildman–Crippen LogP) is 3.46. The van der Waals surface area contributed by atoms with E-state index in [2.05, 4.69) is 63.7 Å². The first kappa shape index (κ1) is 19.4. The Morgan fingerprint density at radius 1 is 1.00 bits per heavy atom. The van der Waals surface area contributed by atoms with E-state index in [0.717, 1.165) is 44.6 Å². The van der Waals surface area contributed by atoms with Gasteiger partial charge in [0, 0.05) is 38.6 Å². The molecule has 2 aromatic carbocycles. The summed E-state index contributed by atoms with van der Waals surface area (Å²) in [6.45, 7) is 4.22. The summed E-state index contributed by atoms with van der Waals surface area (Å²) >= 11 is 0. The lowest BCUT2D eigenvalue weighted by molar-refractivity contribution is -0.126. The third-order valence-corrected chi connectivity index (χ3v) is 5.54. The zero-order valence-electron chi connectivity index (χ0n) is 16.7. The zero-order valence-corrected chi connectivity index (χ0v) is 16.7. The highest BCUT2D eigenvalue weighted by Gasteiger charge is 2.25. The monoisotopic (exact) mass is 388 g/mol. The third kappa shape index (κ3) is 5.55. The number of nitrogens with one attached hydrogen (secondary N) is 1. The van der Waals surface area contributed by atoms with E-state index in [4.69, 9.17) is 0 Å². The fourth-order valence-corrected chi connectivity index (χ4v) is 3.94. The summed E-state index contributed by atoms with van der Waals surface area (Å²) < 4.78 is 2.04. The van der Waals surface area contributed by atoms with Crippen LogP contribution in [-0.2, 0) is 24.4 Å². The standard InChI is InChI=1S/C24H28N4O/c29-24(23-7-4-13-27(18-23)16-21-5-2-1-3-6-21)26-15-20-8-10-22(11-9-20)17-28-14-12-25-19-28/h1-3,5-6,8-12,14,19,23H,4,7,13,15-18H2,(H,26,29). The predicted molar refractivity (Wildman–Crippen MR) is 114 cm³/mol. The van der Waals surface area contributed by atoms with E-state index in [0.29, 0.717) is 6.54 Å². The van der Waals surface area contributed by atoms with Crippen LogP contribution in [-0.4, -0.2) is 33.4 Å². The van der Waals surface area contributed by atoms with E-state index < -0.39 is 0 Å². The number of carbonyl (C=O) groups excluding carboxylic acids is 1. The zero-order chi connectivity index (χ0) is 19.9. The van der Waals surface area contributed by atoms with Crippen molar-refractivity contribution >= 4 is 5.91 Å². The molecular weight excluding hydrogens is 360 g/mol. The van der Waals surface area contributed by atoms with Gasteiger partial charge in [-0.2, -0.15) is 0 Å². The third-order valence-electron chi connectivity index (χ3n) is 5.54. The largest absolute Gasteiger partial charge is 0.352 e. The van der Waals surface area contributed by atoms with E-state index >= 15 is 0 Å². The van der Waals surface area contributed by atoms with Crippen molar-refractivity contribution in [2.45, 2.75) is 32.5 Å². The first-order chi connectivity index (χ1) is 14.3. The molecule has 0 aliphatic carbocycles. The van der Waals surface area contributed by atoms with Crippen molar-refractivity contribution in [1.29, 1.82) is 0 Å². The Bertz CT molecular complexity index is 890. The lowest BCUT2D eigenvalue weighted by Gasteiger charge is -2.32. The maximum Gasteiger partial charge on any atom is 0.224 e. The molecule has 1 atom stereocenters. The molecule has 1 aliphatic rings. The van der Waals surface area contributed by atoms with Crippen LogP contribution in [0.2, 0.25) is 0 Å². The minimum Gasteiger partial charge on any atom is -0.352 e. The maximum atomic E-state index is 12.7. The van der Waals surface area contributed by atoms with E-state index in [9.17, 15) is 4.79 Å². The number of aromatic nitrogens is 2. The Morgan fingerprint density at radius 2 is 1.76 bits per heavy atom. The fraction of sp³-hybridized carbons (Fsp3) is 0.333. The second-order valence-corrected chi connectivity index (χ2v) is 7.83. The topological polar surface area (TPSA) is 50.2 Å². The van der Waals surface area contributed by atoms with Gasteiger partial charge in [-0.25, -0.2) is 4.98 Å². The maximum absolute atomic E-state index is 12.7. The Kier molecular flexibility index (Phi) is 6.37. The molecule has 0 bridgehead atoms. The van der Waals surface area contributed by atoms with Crippen LogP contribution in [0, 0.1) is 5.92 Å². The highest BCUT2D eigenvalue weighted by molar-refractivity contribution is 5.79. The van der Waals surface area contributed by atoms with Crippen molar-refractivity contribution in [3.63, 3.8) is 0 Å². The normalized spacial score (nSPS) is 17.2. The van der Waals surface area contributed by atoms with Crippen LogP contribution in [0.1, 0.15) is 29.5 Å². The Morgan fingerprint density at radius 3 is 2.52 bits per heavy atom. The van der Waals surface area contributed by atoms with Gasteiger partial charge in [-0.05, 0) is 36.1 Å². The number of hydrogen-bond acceptors (Lipinski definition) is 3. The van der Waals surface area contributed by atoms with Gasteiger partial charge in [-0.15, -0.1) is 0 Å². The molecule has 5 heteroatoms. The van der Waals surface area contributed by atoms with Crippen LogP contribution in [0.5, 0.6) is 0 Å². The number of benzene rings is 2. The molecule has 0 saturated carbocycles. The number of hydrogen-bond donors (Lipinski definition) is 1. The average molecular weight is 389 g/mol. The number of imidazole rings is 1. The van der Waals surface area contributed by atoms with Gasteiger partial charge in [0.1, 0.15) is 0 Å². The number of carbonyl (C=O) groups is 1. The molecule has 1 N–H and O–H groups in total. The fourth-order valence-electron chi connectivity index (χ4n) is 3.94. The summed E-state index contributed by atoms with van der Waals surface area (Å²) in [5.74, 6) is 0.248. The summed E-state index contributed by atoms with van der Waals surface area (Å²) in [6.07, 6.45) is 7.61. The average Bonchev–Trinajstić information content (AvgIpc) is 3.27. The number of likely N-dealkylation sites (tertiary alicyclic amines) is 1. The minimum absolute atomic E-state index is 0.0768. The molecule has 5 nitrogen and oxygen atoms in total. The summed E-state index contributed by atoms with van der Waals surface area (Å²) in [7, 11) is 0. The molecule has 0 radical (unpaired) electrons. The molecule has 1 amide bonds. The minimum atomic E-state index is 0.0768. The van der Waals surface area contributed by atoms with Gasteiger partial charge in [0.15, 0.2) is 0 Å². The van der Waals surface area contributed by atoms with Crippen molar-refractivity contribution in [2.24, 2.45) is 5.92 Å². The second kappa shape index (κ2) is 9.52. The highest BCUT2D eigenvalue weighted by Crippen LogP contribution is 2.19. The molecule has 1 fully saturated rings. The molecule has 150 valence electrons. The van der Waals surface area contributed by atoms with Crippen molar-refractivity contribution < 1.29 is 4.79 Å². The van der Waals surface area contributed by atoms with Crippen molar-refractivity contribution in [2.75, 3.05) is 13.1 Å². The Hall–Kier alpha value is -2.92. The quantitative estimate of drug-likeness (QED) is 0.674. The second-order valence-electron chi connectivity index (χ2n) is 7.83. The van der Waals surface area contributed by atoms with Crippen LogP contribution in [0.15, 0.2) is 73.3 Å². The number of piperidine rings is 1. The summed E-state index contributed by atoms with van der Waals surface area (Å²) in [5, 5.41) is 3.14. The van der Waals surface area contributed by atoms with Gasteiger partial charge >= 0.3 is 0 Å². The smallest absolute Gasteiger partial charge is 0.224 e. The van der Waals surface area contributed by atoms with Gasteiger partial charge < -0.3 is 9.88 Å². The van der Waals surface area contributed by atoms with Crippen LogP contribution in [0.4, 0.5) is 0 Å². The van der Waals surface area contributed by atoms with Crippen LogP contribution >= 0.6 is 0 Å². The van der Waals surface area contributed by atoms with Crippen molar-refractivity contribution in [3.8, 4) is 0 Å². The van der Waals surface area contributed by atoms with Crippen LogP contribution in [0.25, 0.3) is 0 Å². The molecule has 0 spiro atoms. The van der Waals surface area contributed by atoms with E-state index in [1.165, 1.54) is 11.1 Å². The number of amides is 1. The van der Waals surface area contributed by atoms with Crippen LogP contribution in [0.3, 0.4) is 0 Å². The molecule has 29 heavy (non-hydrogen) atoms. The summed E-state index contributed by atoms with van der Waals surface area (Å²) in [6, 6.07) is 18.9. The van der Waals surface area contributed by atoms with Crippen molar-refractivity contribution in [1.82, 2.24) is 19.8 Å². The van der Waals surface area contributed by atoms with Gasteiger partial charge in [-0.1, -0.05) is 54.6 Å². The molecular formula is C24H28N4O. The van der Waals surface area contributed by atoms with Gasteiger partial charge in [-0.3, -0.25) is 9.69 Å². The lowest BCUT2D eigenvalue weighted by atomic mass is 9.96. The van der Waals surface area contributed by atoms with Gasteiger partial charge in [0.05, 0.1) is 12.2 Å². The molecule has 4 rings (SSSR count). The molecule has 1 aromatic heterocycles. The Balaban J connectivity index is 1.25. The lowest BCUT2D eigenvalue weighted by Crippen LogP contribution is -2.42. The first-order valence-corrected chi connectivity index (χ1v) is 10.3. The molecule has 1 aliphatic heterocycles. The Labute approximate surface area is 172 Å². The van der Waals surface area contributed by atoms with Gasteiger partial charge in [0.25, 0.3) is 0 Å². The first-order valence-electron chi connectivity index (χ1n) is 10.3. The number of rotatable bonds is 7.